The first-order chi connectivity index (χ1) is 20.8. The highest BCUT2D eigenvalue weighted by atomic mass is 35.5. The largest absolute Gasteiger partial charge is 0.348 e. The topological polar surface area (TPSA) is 157 Å². The summed E-state index contributed by atoms with van der Waals surface area (Å²) in [6.45, 7) is 0.918. The molecule has 4 rings (SSSR count). The number of aromatic nitrogens is 2. The maximum Gasteiger partial charge on any atom is 0.271 e. The van der Waals surface area contributed by atoms with E-state index in [2.05, 4.69) is 26.1 Å². The molecule has 1 fully saturated rings. The standard InChI is InChI=1S/C28H30Cl3N7O5S/c1-37(2)10-4-7-24(39)33-19-5-3-6-20(15-19)44(42,43)38-11-8-18(9-12-38)34-28(41)26-23(16-32-36-26)35-27(40)25-21(30)13-17(29)14-22(25)31/h3-7,13-16,18H,8-12H2,1-2H3,(H,32,36)(H,33,39)(H,34,41)(H,35,40)/b7-4+. The normalized spacial score (nSPS) is 14.6. The summed E-state index contributed by atoms with van der Waals surface area (Å²) >= 11 is 18.2. The summed E-state index contributed by atoms with van der Waals surface area (Å²) < 4.78 is 28.0. The van der Waals surface area contributed by atoms with Crippen molar-refractivity contribution in [2.75, 3.05) is 44.4 Å². The molecule has 12 nitrogen and oxygen atoms in total. The fourth-order valence-electron chi connectivity index (χ4n) is 4.43. The molecule has 1 aliphatic heterocycles. The zero-order valence-electron chi connectivity index (χ0n) is 23.7. The SMILES string of the molecule is CN(C)C/C=C/C(=O)Nc1cccc(S(=O)(=O)N2CCC(NC(=O)c3[nH]ncc3NC(=O)c3c(Cl)cc(Cl)cc3Cl)CC2)c1. The summed E-state index contributed by atoms with van der Waals surface area (Å²) in [5.41, 5.74) is 0.458. The van der Waals surface area contributed by atoms with Crippen LogP contribution in [0, 0.1) is 0 Å². The van der Waals surface area contributed by atoms with E-state index in [0.717, 1.165) is 0 Å². The third-order valence-corrected chi connectivity index (χ3v) is 9.33. The summed E-state index contributed by atoms with van der Waals surface area (Å²) in [5, 5.41) is 14.9. The number of sulfonamides is 1. The van der Waals surface area contributed by atoms with Crippen molar-refractivity contribution >= 4 is 73.9 Å². The molecule has 3 amide bonds. The maximum atomic E-state index is 13.3. The van der Waals surface area contributed by atoms with Gasteiger partial charge in [-0.25, -0.2) is 8.42 Å². The Morgan fingerprint density at radius 3 is 2.39 bits per heavy atom. The van der Waals surface area contributed by atoms with Gasteiger partial charge in [0, 0.05) is 42.5 Å². The molecule has 1 aliphatic rings. The number of amides is 3. The van der Waals surface area contributed by atoms with Gasteiger partial charge in [0.1, 0.15) is 5.69 Å². The monoisotopic (exact) mass is 681 g/mol. The Bertz CT molecular complexity index is 1660. The molecule has 0 radical (unpaired) electrons. The number of carbonyl (C=O) groups excluding carboxylic acids is 3. The number of aromatic amines is 1. The van der Waals surface area contributed by atoms with Crippen LogP contribution >= 0.6 is 34.8 Å². The van der Waals surface area contributed by atoms with Gasteiger partial charge in [-0.05, 0) is 57.3 Å². The van der Waals surface area contributed by atoms with E-state index in [4.69, 9.17) is 34.8 Å². The first-order valence-corrected chi connectivity index (χ1v) is 15.9. The van der Waals surface area contributed by atoms with Crippen LogP contribution in [0.2, 0.25) is 15.1 Å². The molecular formula is C28H30Cl3N7O5S. The average molecular weight is 683 g/mol. The van der Waals surface area contributed by atoms with E-state index >= 15 is 0 Å². The number of likely N-dealkylation sites (N-methyl/N-ethyl adjacent to an activating group) is 1. The first kappa shape index (κ1) is 33.4. The van der Waals surface area contributed by atoms with E-state index in [1.54, 1.807) is 18.2 Å². The van der Waals surface area contributed by atoms with Crippen molar-refractivity contribution in [3.63, 3.8) is 0 Å². The van der Waals surface area contributed by atoms with Crippen LogP contribution in [0.15, 0.2) is 59.6 Å². The van der Waals surface area contributed by atoms with E-state index in [0.29, 0.717) is 25.1 Å². The van der Waals surface area contributed by atoms with E-state index < -0.39 is 21.8 Å². The minimum atomic E-state index is -3.85. The summed E-state index contributed by atoms with van der Waals surface area (Å²) in [6.07, 6.45) is 5.07. The predicted octanol–water partition coefficient (Wildman–Crippen LogP) is 4.26. The van der Waals surface area contributed by atoms with Gasteiger partial charge in [0.25, 0.3) is 11.8 Å². The van der Waals surface area contributed by atoms with Gasteiger partial charge in [0.05, 0.1) is 32.4 Å². The molecular weight excluding hydrogens is 653 g/mol. The lowest BCUT2D eigenvalue weighted by atomic mass is 10.1. The number of hydrogen-bond acceptors (Lipinski definition) is 7. The molecule has 234 valence electrons. The minimum absolute atomic E-state index is 0.00466. The fraction of sp³-hybridized carbons (Fsp3) is 0.286. The quantitative estimate of drug-likeness (QED) is 0.233. The van der Waals surface area contributed by atoms with Crippen molar-refractivity contribution in [3.8, 4) is 0 Å². The Morgan fingerprint density at radius 1 is 1.05 bits per heavy atom. The molecule has 4 N–H and O–H groups in total. The number of H-pyrrole nitrogens is 1. The zero-order chi connectivity index (χ0) is 32.0. The lowest BCUT2D eigenvalue weighted by molar-refractivity contribution is -0.111. The summed E-state index contributed by atoms with van der Waals surface area (Å²) in [7, 11) is -0.0936. The number of hydrogen-bond donors (Lipinski definition) is 4. The molecule has 0 saturated carbocycles. The van der Waals surface area contributed by atoms with Crippen molar-refractivity contribution in [3.05, 3.63) is 81.1 Å². The Kier molecular flexibility index (Phi) is 11.1. The zero-order valence-corrected chi connectivity index (χ0v) is 26.8. The molecule has 0 atom stereocenters. The second-order valence-electron chi connectivity index (χ2n) is 10.2. The van der Waals surface area contributed by atoms with Crippen LogP contribution in [-0.4, -0.2) is 85.3 Å². The van der Waals surface area contributed by atoms with Crippen LogP contribution < -0.4 is 16.0 Å². The van der Waals surface area contributed by atoms with Crippen LogP contribution in [0.5, 0.6) is 0 Å². The van der Waals surface area contributed by atoms with Gasteiger partial charge in [0.15, 0.2) is 0 Å². The minimum Gasteiger partial charge on any atom is -0.348 e. The third kappa shape index (κ3) is 8.37. The van der Waals surface area contributed by atoms with Crippen LogP contribution in [0.4, 0.5) is 11.4 Å². The average Bonchev–Trinajstić information content (AvgIpc) is 3.41. The molecule has 0 bridgehead atoms. The second-order valence-corrected chi connectivity index (χ2v) is 13.4. The van der Waals surface area contributed by atoms with Gasteiger partial charge in [-0.3, -0.25) is 19.5 Å². The summed E-state index contributed by atoms with van der Waals surface area (Å²) in [4.78, 5) is 40.0. The molecule has 1 saturated heterocycles. The molecule has 3 aromatic rings. The van der Waals surface area contributed by atoms with Gasteiger partial charge in [-0.1, -0.05) is 46.9 Å². The molecule has 0 unspecified atom stereocenters. The third-order valence-electron chi connectivity index (χ3n) is 6.62. The number of anilines is 2. The highest BCUT2D eigenvalue weighted by Gasteiger charge is 2.31. The number of nitrogens with zero attached hydrogens (tertiary/aromatic N) is 3. The highest BCUT2D eigenvalue weighted by Crippen LogP contribution is 2.30. The second kappa shape index (κ2) is 14.5. The van der Waals surface area contributed by atoms with Gasteiger partial charge in [-0.15, -0.1) is 0 Å². The first-order valence-electron chi connectivity index (χ1n) is 13.4. The van der Waals surface area contributed by atoms with Crippen LogP contribution in [0.25, 0.3) is 0 Å². The summed E-state index contributed by atoms with van der Waals surface area (Å²) in [6, 6.07) is 8.48. The van der Waals surface area contributed by atoms with E-state index in [-0.39, 0.29) is 61.9 Å². The van der Waals surface area contributed by atoms with E-state index in [1.807, 2.05) is 19.0 Å². The molecule has 0 spiro atoms. The Balaban J connectivity index is 1.34. The summed E-state index contributed by atoms with van der Waals surface area (Å²) in [5.74, 6) is -1.55. The van der Waals surface area contributed by atoms with Gasteiger partial charge in [-0.2, -0.15) is 9.40 Å². The van der Waals surface area contributed by atoms with Crippen molar-refractivity contribution < 1.29 is 22.8 Å². The molecule has 44 heavy (non-hydrogen) atoms. The van der Waals surface area contributed by atoms with Crippen LogP contribution in [-0.2, 0) is 14.8 Å². The molecule has 2 aromatic carbocycles. The van der Waals surface area contributed by atoms with Crippen LogP contribution in [0.3, 0.4) is 0 Å². The van der Waals surface area contributed by atoms with Gasteiger partial charge in [0.2, 0.25) is 15.9 Å². The number of halogens is 3. The maximum absolute atomic E-state index is 13.3. The molecule has 2 heterocycles. The van der Waals surface area contributed by atoms with E-state index in [1.165, 1.54) is 40.8 Å². The number of rotatable bonds is 10. The van der Waals surface area contributed by atoms with Crippen molar-refractivity contribution in [1.29, 1.82) is 0 Å². The lowest BCUT2D eigenvalue weighted by Gasteiger charge is -2.31. The van der Waals surface area contributed by atoms with Crippen molar-refractivity contribution in [2.45, 2.75) is 23.8 Å². The van der Waals surface area contributed by atoms with Gasteiger partial charge >= 0.3 is 0 Å². The molecule has 0 aliphatic carbocycles. The highest BCUT2D eigenvalue weighted by molar-refractivity contribution is 7.89. The number of carbonyl (C=O) groups is 3. The molecule has 1 aromatic heterocycles. The fourth-order valence-corrected chi connectivity index (χ4v) is 6.94. The van der Waals surface area contributed by atoms with Crippen molar-refractivity contribution in [1.82, 2.24) is 24.7 Å². The van der Waals surface area contributed by atoms with Crippen LogP contribution in [0.1, 0.15) is 33.7 Å². The number of piperidine rings is 1. The number of benzene rings is 2. The Labute approximate surface area is 269 Å². The molecule has 16 heteroatoms. The Hall–Kier alpha value is -3.46. The number of nitrogens with one attached hydrogen (secondary N) is 4. The smallest absolute Gasteiger partial charge is 0.271 e. The van der Waals surface area contributed by atoms with Crippen molar-refractivity contribution in [2.24, 2.45) is 0 Å². The Morgan fingerprint density at radius 2 is 1.73 bits per heavy atom. The van der Waals surface area contributed by atoms with E-state index in [9.17, 15) is 22.8 Å². The van der Waals surface area contributed by atoms with Gasteiger partial charge < -0.3 is 20.9 Å². The predicted molar refractivity (Wildman–Crippen MR) is 170 cm³/mol. The lowest BCUT2D eigenvalue weighted by Crippen LogP contribution is -2.46.